The zero-order valence-electron chi connectivity index (χ0n) is 9.61. The predicted octanol–water partition coefficient (Wildman–Crippen LogP) is 2.33. The number of unbranched alkanes of at least 4 members (excludes halogenated alkanes) is 3. The molecule has 1 heterocycles. The molecular weight excluding hydrogens is 208 g/mol. The van der Waals surface area contributed by atoms with Crippen LogP contribution >= 0.6 is 0 Å². The maximum absolute atomic E-state index is 11.1. The number of esters is 2. The molecule has 0 bridgehead atoms. The Morgan fingerprint density at radius 2 is 1.81 bits per heavy atom. The number of cyclic esters (lactones) is 2. The van der Waals surface area contributed by atoms with Crippen LogP contribution in [0.25, 0.3) is 0 Å². The number of carbonyl (C=O) groups excluding carboxylic acids is 2. The summed E-state index contributed by atoms with van der Waals surface area (Å²) in [4.78, 5) is 22.2. The molecule has 0 aromatic carbocycles. The molecule has 0 spiro atoms. The Balaban J connectivity index is 2.33. The first kappa shape index (κ1) is 12.7. The van der Waals surface area contributed by atoms with E-state index in [1.165, 1.54) is 12.8 Å². The third kappa shape index (κ3) is 4.96. The molecule has 0 aromatic heterocycles. The Kier molecular flexibility index (Phi) is 5.61. The lowest BCUT2D eigenvalue weighted by molar-refractivity contribution is -0.171. The van der Waals surface area contributed by atoms with Crippen molar-refractivity contribution in [1.82, 2.24) is 0 Å². The highest BCUT2D eigenvalue weighted by Crippen LogP contribution is 2.10. The van der Waals surface area contributed by atoms with E-state index in [0.717, 1.165) is 12.8 Å². The Morgan fingerprint density at radius 3 is 2.38 bits per heavy atom. The van der Waals surface area contributed by atoms with Crippen LogP contribution in [-0.2, 0) is 19.1 Å². The summed E-state index contributed by atoms with van der Waals surface area (Å²) in [6.45, 7) is 2.14. The summed E-state index contributed by atoms with van der Waals surface area (Å²) in [6, 6.07) is 0. The van der Waals surface area contributed by atoms with E-state index in [1.54, 1.807) is 6.08 Å². The number of allylic oxidation sites excluding steroid dienone is 1. The maximum Gasteiger partial charge on any atom is 0.309 e. The summed E-state index contributed by atoms with van der Waals surface area (Å²) >= 11 is 0. The van der Waals surface area contributed by atoms with Crippen LogP contribution < -0.4 is 0 Å². The van der Waals surface area contributed by atoms with Gasteiger partial charge in [-0.1, -0.05) is 25.8 Å². The van der Waals surface area contributed by atoms with Crippen LogP contribution in [0.1, 0.15) is 45.4 Å². The highest BCUT2D eigenvalue weighted by molar-refractivity contribution is 5.79. The third-order valence-electron chi connectivity index (χ3n) is 2.30. The smallest absolute Gasteiger partial charge is 0.309 e. The average molecular weight is 226 g/mol. The molecule has 0 atom stereocenters. The monoisotopic (exact) mass is 226 g/mol. The molecule has 0 N–H and O–H groups in total. The van der Waals surface area contributed by atoms with Crippen molar-refractivity contribution in [3.05, 3.63) is 12.2 Å². The summed E-state index contributed by atoms with van der Waals surface area (Å²) in [7, 11) is 0. The summed E-state index contributed by atoms with van der Waals surface area (Å²) in [5.74, 6) is -0.761. The minimum absolute atomic E-state index is 0.110. The molecule has 0 saturated carbocycles. The molecule has 0 aliphatic carbocycles. The van der Waals surface area contributed by atoms with Gasteiger partial charge in [-0.05, 0) is 18.9 Å². The van der Waals surface area contributed by atoms with Gasteiger partial charge in [-0.3, -0.25) is 9.59 Å². The van der Waals surface area contributed by atoms with Gasteiger partial charge < -0.3 is 9.47 Å². The van der Waals surface area contributed by atoms with Gasteiger partial charge in [0.2, 0.25) is 0 Å². The van der Waals surface area contributed by atoms with E-state index in [1.807, 2.05) is 6.08 Å². The van der Waals surface area contributed by atoms with Crippen molar-refractivity contribution < 1.29 is 19.1 Å². The van der Waals surface area contributed by atoms with Gasteiger partial charge in [0.05, 0.1) is 12.8 Å². The maximum atomic E-state index is 11.1. The fraction of sp³-hybridized carbons (Fsp3) is 0.667. The molecule has 1 fully saturated rings. The Hall–Kier alpha value is -1.32. The first-order valence-corrected chi connectivity index (χ1v) is 5.78. The zero-order chi connectivity index (χ0) is 11.8. The molecule has 0 amide bonds. The van der Waals surface area contributed by atoms with Crippen molar-refractivity contribution in [3.63, 3.8) is 0 Å². The lowest BCUT2D eigenvalue weighted by Crippen LogP contribution is -2.17. The van der Waals surface area contributed by atoms with Crippen molar-refractivity contribution in [2.24, 2.45) is 0 Å². The molecule has 4 nitrogen and oxygen atoms in total. The fourth-order valence-corrected chi connectivity index (χ4v) is 1.40. The molecule has 4 heteroatoms. The molecule has 0 radical (unpaired) electrons. The van der Waals surface area contributed by atoms with Crippen LogP contribution in [0.2, 0.25) is 0 Å². The minimum atomic E-state index is -0.830. The van der Waals surface area contributed by atoms with Gasteiger partial charge in [0.25, 0.3) is 6.29 Å². The van der Waals surface area contributed by atoms with Crippen LogP contribution in [0.3, 0.4) is 0 Å². The topological polar surface area (TPSA) is 52.6 Å². The van der Waals surface area contributed by atoms with Crippen LogP contribution in [0, 0.1) is 0 Å². The molecule has 16 heavy (non-hydrogen) atoms. The van der Waals surface area contributed by atoms with Gasteiger partial charge in [0, 0.05) is 0 Å². The number of hydrogen-bond donors (Lipinski definition) is 0. The lowest BCUT2D eigenvalue weighted by atomic mass is 10.2. The second-order valence-corrected chi connectivity index (χ2v) is 3.77. The highest BCUT2D eigenvalue weighted by atomic mass is 16.7. The van der Waals surface area contributed by atoms with E-state index in [9.17, 15) is 9.59 Å². The van der Waals surface area contributed by atoms with Crippen molar-refractivity contribution in [1.29, 1.82) is 0 Å². The van der Waals surface area contributed by atoms with Gasteiger partial charge in [-0.2, -0.15) is 0 Å². The van der Waals surface area contributed by atoms with Gasteiger partial charge in [-0.25, -0.2) is 0 Å². The van der Waals surface area contributed by atoms with Gasteiger partial charge in [-0.15, -0.1) is 0 Å². The number of carbonyl (C=O) groups is 2. The molecule has 0 aromatic rings. The molecule has 1 aliphatic rings. The van der Waals surface area contributed by atoms with E-state index in [2.05, 4.69) is 6.92 Å². The number of rotatable bonds is 5. The van der Waals surface area contributed by atoms with Crippen molar-refractivity contribution in [3.8, 4) is 0 Å². The van der Waals surface area contributed by atoms with Crippen LogP contribution in [0.15, 0.2) is 12.2 Å². The summed E-state index contributed by atoms with van der Waals surface area (Å²) < 4.78 is 9.84. The standard InChI is InChI=1S/C12H18O4/c1-2-3-4-5-6-7-12-15-10(13)8-9-11(14)16-12/h6-7,12H,2-5,8-9H2,1H3. The third-order valence-corrected chi connectivity index (χ3v) is 2.30. The minimum Gasteiger partial charge on any atom is -0.421 e. The quantitative estimate of drug-likeness (QED) is 0.410. The largest absolute Gasteiger partial charge is 0.421 e. The zero-order valence-corrected chi connectivity index (χ0v) is 9.61. The Bertz CT molecular complexity index is 252. The first-order chi connectivity index (χ1) is 7.72. The van der Waals surface area contributed by atoms with Crippen molar-refractivity contribution >= 4 is 11.9 Å². The Morgan fingerprint density at radius 1 is 1.19 bits per heavy atom. The predicted molar refractivity (Wildman–Crippen MR) is 58.5 cm³/mol. The van der Waals surface area contributed by atoms with E-state index in [-0.39, 0.29) is 24.8 Å². The van der Waals surface area contributed by atoms with Crippen LogP contribution in [0.5, 0.6) is 0 Å². The lowest BCUT2D eigenvalue weighted by Gasteiger charge is -2.10. The molecule has 90 valence electrons. The first-order valence-electron chi connectivity index (χ1n) is 5.78. The van der Waals surface area contributed by atoms with E-state index >= 15 is 0 Å². The van der Waals surface area contributed by atoms with Crippen molar-refractivity contribution in [2.45, 2.75) is 51.7 Å². The average Bonchev–Trinajstić information content (AvgIpc) is 2.40. The molecular formula is C12H18O4. The second kappa shape index (κ2) is 7.04. The summed E-state index contributed by atoms with van der Waals surface area (Å²) in [5.41, 5.74) is 0. The molecule has 1 saturated heterocycles. The molecule has 0 unspecified atom stereocenters. The normalized spacial score (nSPS) is 18.3. The highest BCUT2D eigenvalue weighted by Gasteiger charge is 2.21. The second-order valence-electron chi connectivity index (χ2n) is 3.77. The van der Waals surface area contributed by atoms with Gasteiger partial charge in [0.1, 0.15) is 0 Å². The van der Waals surface area contributed by atoms with E-state index in [4.69, 9.17) is 9.47 Å². The summed E-state index contributed by atoms with van der Waals surface area (Å²) in [5, 5.41) is 0. The molecule has 1 rings (SSSR count). The van der Waals surface area contributed by atoms with Gasteiger partial charge in [0.15, 0.2) is 0 Å². The SMILES string of the molecule is CCCCCC=CC1OC(=O)CCC(=O)O1. The number of ether oxygens (including phenoxy) is 2. The van der Waals surface area contributed by atoms with Crippen LogP contribution in [-0.4, -0.2) is 18.2 Å². The summed E-state index contributed by atoms with van der Waals surface area (Å²) in [6.07, 6.45) is 7.28. The fourth-order valence-electron chi connectivity index (χ4n) is 1.40. The molecule has 1 aliphatic heterocycles. The number of hydrogen-bond acceptors (Lipinski definition) is 4. The van der Waals surface area contributed by atoms with Crippen LogP contribution in [0.4, 0.5) is 0 Å². The van der Waals surface area contributed by atoms with E-state index < -0.39 is 6.29 Å². The van der Waals surface area contributed by atoms with Gasteiger partial charge >= 0.3 is 11.9 Å². The Labute approximate surface area is 95.6 Å². The van der Waals surface area contributed by atoms with E-state index in [0.29, 0.717) is 0 Å². The van der Waals surface area contributed by atoms with Crippen molar-refractivity contribution in [2.75, 3.05) is 0 Å².